The fourth-order valence-electron chi connectivity index (χ4n) is 1.76. The highest BCUT2D eigenvalue weighted by Crippen LogP contribution is 2.41. The van der Waals surface area contributed by atoms with Crippen molar-refractivity contribution in [3.63, 3.8) is 0 Å². The highest BCUT2D eigenvalue weighted by molar-refractivity contribution is 5.67. The quantitative estimate of drug-likeness (QED) is 0.887. The lowest BCUT2D eigenvalue weighted by molar-refractivity contribution is 0.324. The van der Waals surface area contributed by atoms with Gasteiger partial charge in [0, 0.05) is 5.56 Å². The van der Waals surface area contributed by atoms with Gasteiger partial charge in [-0.25, -0.2) is 4.98 Å². The number of rotatable bonds is 5. The van der Waals surface area contributed by atoms with Crippen molar-refractivity contribution < 1.29 is 18.6 Å². The third-order valence-electron chi connectivity index (χ3n) is 2.68. The van der Waals surface area contributed by atoms with E-state index in [9.17, 15) is 0 Å². The molecule has 0 atom stereocenters. The van der Waals surface area contributed by atoms with Crippen molar-refractivity contribution in [1.29, 1.82) is 0 Å². The number of nitrogens with two attached hydrogens (primary N) is 1. The topological polar surface area (TPSA) is 79.7 Å². The number of benzene rings is 1. The van der Waals surface area contributed by atoms with Crippen molar-refractivity contribution in [3.05, 3.63) is 24.2 Å². The lowest BCUT2D eigenvalue weighted by atomic mass is 10.1. The number of hydrogen-bond acceptors (Lipinski definition) is 6. The largest absolute Gasteiger partial charge is 0.493 e. The minimum absolute atomic E-state index is 0.254. The molecule has 0 radical (unpaired) electrons. The molecule has 2 rings (SSSR count). The Hall–Kier alpha value is -2.21. The summed E-state index contributed by atoms with van der Waals surface area (Å²) in [6.07, 6.45) is 1.61. The zero-order chi connectivity index (χ0) is 13.8. The van der Waals surface area contributed by atoms with Crippen LogP contribution in [-0.2, 0) is 6.54 Å². The minimum Gasteiger partial charge on any atom is -0.493 e. The van der Waals surface area contributed by atoms with Gasteiger partial charge in [-0.3, -0.25) is 0 Å². The highest BCUT2D eigenvalue weighted by Gasteiger charge is 2.16. The average Bonchev–Trinajstić information content (AvgIpc) is 2.94. The van der Waals surface area contributed by atoms with Crippen LogP contribution in [0.2, 0.25) is 0 Å². The molecule has 0 aliphatic rings. The molecule has 0 unspecified atom stereocenters. The van der Waals surface area contributed by atoms with Crippen molar-refractivity contribution in [2.45, 2.75) is 6.54 Å². The molecule has 0 spiro atoms. The number of oxazole rings is 1. The summed E-state index contributed by atoms with van der Waals surface area (Å²) in [6.45, 7) is 0.254. The van der Waals surface area contributed by atoms with E-state index in [-0.39, 0.29) is 6.54 Å². The van der Waals surface area contributed by atoms with Crippen molar-refractivity contribution in [3.8, 4) is 28.6 Å². The summed E-state index contributed by atoms with van der Waals surface area (Å²) >= 11 is 0. The normalized spacial score (nSPS) is 10.3. The van der Waals surface area contributed by atoms with Gasteiger partial charge >= 0.3 is 0 Å². The van der Waals surface area contributed by atoms with Gasteiger partial charge in [0.25, 0.3) is 0 Å². The molecule has 2 aromatic rings. The Kier molecular flexibility index (Phi) is 3.91. The number of methoxy groups -OCH3 is 3. The van der Waals surface area contributed by atoms with E-state index in [1.54, 1.807) is 39.7 Å². The molecule has 1 heterocycles. The van der Waals surface area contributed by atoms with E-state index in [1.165, 1.54) is 0 Å². The molecule has 2 N–H and O–H groups in total. The predicted molar refractivity (Wildman–Crippen MR) is 69.5 cm³/mol. The fourth-order valence-corrected chi connectivity index (χ4v) is 1.76. The Morgan fingerprint density at radius 2 is 1.74 bits per heavy atom. The summed E-state index contributed by atoms with van der Waals surface area (Å²) in [5.41, 5.74) is 6.25. The van der Waals surface area contributed by atoms with Gasteiger partial charge in [0.15, 0.2) is 17.3 Å². The van der Waals surface area contributed by atoms with E-state index in [0.29, 0.717) is 28.9 Å². The summed E-state index contributed by atoms with van der Waals surface area (Å²) in [4.78, 5) is 4.06. The van der Waals surface area contributed by atoms with E-state index in [0.717, 1.165) is 5.56 Å². The molecule has 6 heteroatoms. The zero-order valence-corrected chi connectivity index (χ0v) is 11.1. The molecule has 0 fully saturated rings. The first-order chi connectivity index (χ1) is 9.23. The molecule has 1 aromatic carbocycles. The van der Waals surface area contributed by atoms with Gasteiger partial charge < -0.3 is 24.4 Å². The Morgan fingerprint density at radius 3 is 2.16 bits per heavy atom. The van der Waals surface area contributed by atoms with Crippen molar-refractivity contribution in [2.24, 2.45) is 5.73 Å². The maximum atomic E-state index is 5.50. The zero-order valence-electron chi connectivity index (χ0n) is 11.1. The van der Waals surface area contributed by atoms with Crippen LogP contribution in [0.25, 0.3) is 11.3 Å². The molecule has 102 valence electrons. The molecule has 0 aliphatic carbocycles. The second-order valence-electron chi connectivity index (χ2n) is 3.74. The minimum atomic E-state index is 0.254. The second kappa shape index (κ2) is 5.62. The Bertz CT molecular complexity index is 541. The molecular weight excluding hydrogens is 248 g/mol. The van der Waals surface area contributed by atoms with Gasteiger partial charge in [-0.15, -0.1) is 0 Å². The van der Waals surface area contributed by atoms with Crippen LogP contribution in [0.5, 0.6) is 17.2 Å². The van der Waals surface area contributed by atoms with E-state index in [2.05, 4.69) is 4.98 Å². The number of nitrogens with zero attached hydrogens (tertiary/aromatic N) is 1. The Labute approximate surface area is 111 Å². The first kappa shape index (κ1) is 13.2. The monoisotopic (exact) mass is 264 g/mol. The Morgan fingerprint density at radius 1 is 1.11 bits per heavy atom. The lowest BCUT2D eigenvalue weighted by Crippen LogP contribution is -1.95. The van der Waals surface area contributed by atoms with Gasteiger partial charge in [-0.05, 0) is 12.1 Å². The SMILES string of the molecule is COc1cc(-c2cnc(CN)o2)cc(OC)c1OC. The molecule has 6 nitrogen and oxygen atoms in total. The van der Waals surface area contributed by atoms with Crippen molar-refractivity contribution >= 4 is 0 Å². The fraction of sp³-hybridized carbons (Fsp3) is 0.308. The number of ether oxygens (including phenoxy) is 3. The molecule has 0 amide bonds. The van der Waals surface area contributed by atoms with Crippen molar-refractivity contribution in [2.75, 3.05) is 21.3 Å². The van der Waals surface area contributed by atoms with Crippen LogP contribution in [0.3, 0.4) is 0 Å². The molecule has 0 aliphatic heterocycles. The second-order valence-corrected chi connectivity index (χ2v) is 3.74. The Balaban J connectivity index is 2.51. The smallest absolute Gasteiger partial charge is 0.208 e. The molecular formula is C13H16N2O4. The predicted octanol–water partition coefficient (Wildman–Crippen LogP) is 1.83. The van der Waals surface area contributed by atoms with Crippen LogP contribution in [0, 0.1) is 0 Å². The van der Waals surface area contributed by atoms with Crippen molar-refractivity contribution in [1.82, 2.24) is 4.98 Å². The summed E-state index contributed by atoms with van der Waals surface area (Å²) in [7, 11) is 4.68. The van der Waals surface area contributed by atoms with Gasteiger partial charge in [-0.2, -0.15) is 0 Å². The molecule has 0 bridgehead atoms. The van der Waals surface area contributed by atoms with Gasteiger partial charge in [-0.1, -0.05) is 0 Å². The van der Waals surface area contributed by atoms with Crippen LogP contribution >= 0.6 is 0 Å². The summed E-state index contributed by atoms with van der Waals surface area (Å²) < 4.78 is 21.3. The summed E-state index contributed by atoms with van der Waals surface area (Å²) in [6, 6.07) is 3.59. The van der Waals surface area contributed by atoms with Gasteiger partial charge in [0.1, 0.15) is 0 Å². The maximum absolute atomic E-state index is 5.50. The number of aromatic nitrogens is 1. The average molecular weight is 264 g/mol. The van der Waals surface area contributed by atoms with Crippen LogP contribution in [0.15, 0.2) is 22.7 Å². The third kappa shape index (κ3) is 2.48. The summed E-state index contributed by atoms with van der Waals surface area (Å²) in [5, 5.41) is 0. The first-order valence-corrected chi connectivity index (χ1v) is 5.68. The molecule has 1 aromatic heterocycles. The molecule has 19 heavy (non-hydrogen) atoms. The highest BCUT2D eigenvalue weighted by atomic mass is 16.5. The maximum Gasteiger partial charge on any atom is 0.208 e. The van der Waals surface area contributed by atoms with Crippen LogP contribution in [0.4, 0.5) is 0 Å². The van der Waals surface area contributed by atoms with Crippen LogP contribution in [0.1, 0.15) is 5.89 Å². The van der Waals surface area contributed by atoms with Gasteiger partial charge in [0.05, 0.1) is 34.1 Å². The standard InChI is InChI=1S/C13H16N2O4/c1-16-9-4-8(5-10(17-2)13(9)18-3)11-7-15-12(6-14)19-11/h4-5,7H,6,14H2,1-3H3. The third-order valence-corrected chi connectivity index (χ3v) is 2.68. The molecule has 0 saturated carbocycles. The van der Waals surface area contributed by atoms with E-state index >= 15 is 0 Å². The van der Waals surface area contributed by atoms with Crippen LogP contribution in [-0.4, -0.2) is 26.3 Å². The van der Waals surface area contributed by atoms with E-state index in [1.807, 2.05) is 0 Å². The lowest BCUT2D eigenvalue weighted by Gasteiger charge is -2.13. The van der Waals surface area contributed by atoms with E-state index < -0.39 is 0 Å². The van der Waals surface area contributed by atoms with Crippen LogP contribution < -0.4 is 19.9 Å². The number of hydrogen-bond donors (Lipinski definition) is 1. The van der Waals surface area contributed by atoms with Gasteiger partial charge in [0.2, 0.25) is 11.6 Å². The summed E-state index contributed by atoms with van der Waals surface area (Å²) in [5.74, 6) is 2.72. The van der Waals surface area contributed by atoms with E-state index in [4.69, 9.17) is 24.4 Å². The molecule has 0 saturated heterocycles. The first-order valence-electron chi connectivity index (χ1n) is 5.68.